The molecule has 1 N–H and O–H groups in total. The minimum absolute atomic E-state index is 0.122. The molecule has 104 valence electrons. The summed E-state index contributed by atoms with van der Waals surface area (Å²) in [7, 11) is 0. The summed E-state index contributed by atoms with van der Waals surface area (Å²) in [5.41, 5.74) is 1.29. The molecular weight excluding hydrogens is 304 g/mol. The molecule has 1 atom stereocenters. The van der Waals surface area contributed by atoms with E-state index in [9.17, 15) is 4.79 Å². The Bertz CT molecular complexity index is 390. The van der Waals surface area contributed by atoms with E-state index in [1.165, 1.54) is 18.4 Å². The molecule has 1 amide bonds. The van der Waals surface area contributed by atoms with Crippen molar-refractivity contribution in [3.8, 4) is 0 Å². The molecule has 0 radical (unpaired) electrons. The van der Waals surface area contributed by atoms with Gasteiger partial charge in [0.1, 0.15) is 0 Å². The molecule has 1 aliphatic rings. The van der Waals surface area contributed by atoms with Crippen LogP contribution in [0, 0.1) is 0 Å². The van der Waals surface area contributed by atoms with Gasteiger partial charge in [-0.05, 0) is 31.5 Å². The Labute approximate surface area is 123 Å². The Morgan fingerprint density at radius 3 is 2.58 bits per heavy atom. The van der Waals surface area contributed by atoms with Crippen LogP contribution in [0.15, 0.2) is 30.3 Å². The highest BCUT2D eigenvalue weighted by atomic mass is 79.9. The molecular formula is C15H21BrN2O. The van der Waals surface area contributed by atoms with Crippen LogP contribution in [0.5, 0.6) is 0 Å². The van der Waals surface area contributed by atoms with Gasteiger partial charge in [0, 0.05) is 18.3 Å². The van der Waals surface area contributed by atoms with Gasteiger partial charge >= 0.3 is 0 Å². The molecule has 0 aromatic heterocycles. The van der Waals surface area contributed by atoms with Gasteiger partial charge < -0.3 is 5.32 Å². The van der Waals surface area contributed by atoms with Crippen LogP contribution in [0.4, 0.5) is 0 Å². The van der Waals surface area contributed by atoms with Crippen LogP contribution in [0.25, 0.3) is 0 Å². The smallest absolute Gasteiger partial charge is 0.220 e. The number of likely N-dealkylation sites (tertiary alicyclic amines) is 1. The summed E-state index contributed by atoms with van der Waals surface area (Å²) in [6, 6.07) is 10.8. The lowest BCUT2D eigenvalue weighted by Gasteiger charge is -2.28. The molecule has 1 fully saturated rings. The summed E-state index contributed by atoms with van der Waals surface area (Å²) < 4.78 is 0. The van der Waals surface area contributed by atoms with E-state index < -0.39 is 0 Å². The van der Waals surface area contributed by atoms with E-state index in [1.807, 2.05) is 6.07 Å². The molecule has 19 heavy (non-hydrogen) atoms. The number of halogens is 1. The lowest BCUT2D eigenvalue weighted by molar-refractivity contribution is -0.120. The van der Waals surface area contributed by atoms with E-state index in [0.29, 0.717) is 19.0 Å². The van der Waals surface area contributed by atoms with Gasteiger partial charge in [0.2, 0.25) is 5.91 Å². The third-order valence-corrected chi connectivity index (χ3v) is 3.98. The van der Waals surface area contributed by atoms with Crippen molar-refractivity contribution >= 4 is 21.8 Å². The fourth-order valence-electron chi connectivity index (χ4n) is 2.57. The van der Waals surface area contributed by atoms with E-state index in [2.05, 4.69) is 50.4 Å². The van der Waals surface area contributed by atoms with Crippen LogP contribution in [-0.2, 0) is 4.79 Å². The number of hydrogen-bond donors (Lipinski definition) is 1. The highest BCUT2D eigenvalue weighted by Crippen LogP contribution is 2.24. The van der Waals surface area contributed by atoms with E-state index >= 15 is 0 Å². The minimum atomic E-state index is 0.122. The molecule has 1 saturated heterocycles. The van der Waals surface area contributed by atoms with Gasteiger partial charge in [-0.15, -0.1) is 0 Å². The topological polar surface area (TPSA) is 32.3 Å². The molecule has 4 heteroatoms. The number of rotatable bonds is 6. The Morgan fingerprint density at radius 1 is 1.26 bits per heavy atom. The van der Waals surface area contributed by atoms with Crippen LogP contribution in [0.1, 0.15) is 30.9 Å². The highest BCUT2D eigenvalue weighted by Gasteiger charge is 2.23. The summed E-state index contributed by atoms with van der Waals surface area (Å²) in [6.07, 6.45) is 3.07. The standard InChI is InChI=1S/C15H21BrN2O/c16-9-8-15(19)17-12-14(18-10-4-5-11-18)13-6-2-1-3-7-13/h1-3,6-7,14H,4-5,8-12H2,(H,17,19). The van der Waals surface area contributed by atoms with E-state index in [-0.39, 0.29) is 5.91 Å². The average Bonchev–Trinajstić information content (AvgIpc) is 2.94. The Kier molecular flexibility index (Phi) is 5.86. The number of amides is 1. The molecule has 0 saturated carbocycles. The fraction of sp³-hybridized carbons (Fsp3) is 0.533. The van der Waals surface area contributed by atoms with Crippen molar-refractivity contribution in [1.82, 2.24) is 10.2 Å². The van der Waals surface area contributed by atoms with Gasteiger partial charge in [-0.25, -0.2) is 0 Å². The summed E-state index contributed by atoms with van der Waals surface area (Å²) >= 11 is 3.30. The van der Waals surface area contributed by atoms with Crippen molar-refractivity contribution in [3.63, 3.8) is 0 Å². The molecule has 1 aliphatic heterocycles. The van der Waals surface area contributed by atoms with Crippen molar-refractivity contribution in [3.05, 3.63) is 35.9 Å². The molecule has 1 heterocycles. The molecule has 1 unspecified atom stereocenters. The molecule has 0 aliphatic carbocycles. The lowest BCUT2D eigenvalue weighted by atomic mass is 10.1. The Morgan fingerprint density at radius 2 is 1.95 bits per heavy atom. The average molecular weight is 325 g/mol. The predicted octanol–water partition coefficient (Wildman–Crippen LogP) is 2.72. The van der Waals surface area contributed by atoms with E-state index in [1.54, 1.807) is 0 Å². The third kappa shape index (κ3) is 4.32. The van der Waals surface area contributed by atoms with E-state index in [0.717, 1.165) is 18.4 Å². The summed E-state index contributed by atoms with van der Waals surface area (Å²) in [5.74, 6) is 0.122. The van der Waals surface area contributed by atoms with Crippen molar-refractivity contribution < 1.29 is 4.79 Å². The number of nitrogens with one attached hydrogen (secondary N) is 1. The third-order valence-electron chi connectivity index (χ3n) is 3.58. The summed E-state index contributed by atoms with van der Waals surface area (Å²) in [5, 5.41) is 3.77. The predicted molar refractivity (Wildman–Crippen MR) is 81.4 cm³/mol. The first-order chi connectivity index (χ1) is 9.31. The molecule has 0 spiro atoms. The normalized spacial score (nSPS) is 17.3. The van der Waals surface area contributed by atoms with Crippen LogP contribution in [0.3, 0.4) is 0 Å². The zero-order valence-corrected chi connectivity index (χ0v) is 12.7. The van der Waals surface area contributed by atoms with Gasteiger partial charge in [0.15, 0.2) is 0 Å². The lowest BCUT2D eigenvalue weighted by Crippen LogP contribution is -2.36. The molecule has 3 nitrogen and oxygen atoms in total. The number of benzene rings is 1. The maximum atomic E-state index is 11.6. The summed E-state index contributed by atoms with van der Waals surface area (Å²) in [4.78, 5) is 14.1. The Hall–Kier alpha value is -0.870. The van der Waals surface area contributed by atoms with Crippen molar-refractivity contribution in [1.29, 1.82) is 0 Å². The quantitative estimate of drug-likeness (QED) is 0.816. The largest absolute Gasteiger partial charge is 0.354 e. The number of carbonyl (C=O) groups excluding carboxylic acids is 1. The number of hydrogen-bond acceptors (Lipinski definition) is 2. The van der Waals surface area contributed by atoms with Crippen molar-refractivity contribution in [2.45, 2.75) is 25.3 Å². The first-order valence-corrected chi connectivity index (χ1v) is 8.05. The van der Waals surface area contributed by atoms with Gasteiger partial charge in [-0.3, -0.25) is 9.69 Å². The molecule has 1 aromatic carbocycles. The van der Waals surface area contributed by atoms with E-state index in [4.69, 9.17) is 0 Å². The number of alkyl halides is 1. The second-order valence-corrected chi connectivity index (χ2v) is 5.71. The van der Waals surface area contributed by atoms with Gasteiger partial charge in [0.05, 0.1) is 6.04 Å². The van der Waals surface area contributed by atoms with Crippen LogP contribution in [0.2, 0.25) is 0 Å². The van der Waals surface area contributed by atoms with Gasteiger partial charge in [0.25, 0.3) is 0 Å². The van der Waals surface area contributed by atoms with Crippen LogP contribution < -0.4 is 5.32 Å². The summed E-state index contributed by atoms with van der Waals surface area (Å²) in [6.45, 7) is 2.97. The minimum Gasteiger partial charge on any atom is -0.354 e. The fourth-order valence-corrected chi connectivity index (χ4v) is 2.93. The second kappa shape index (κ2) is 7.65. The zero-order valence-electron chi connectivity index (χ0n) is 11.1. The molecule has 1 aromatic rings. The first-order valence-electron chi connectivity index (χ1n) is 6.93. The monoisotopic (exact) mass is 324 g/mol. The highest BCUT2D eigenvalue weighted by molar-refractivity contribution is 9.09. The van der Waals surface area contributed by atoms with Crippen molar-refractivity contribution in [2.75, 3.05) is 25.0 Å². The number of nitrogens with zero attached hydrogens (tertiary/aromatic N) is 1. The maximum Gasteiger partial charge on any atom is 0.220 e. The zero-order chi connectivity index (χ0) is 13.5. The maximum absolute atomic E-state index is 11.6. The van der Waals surface area contributed by atoms with Crippen LogP contribution in [-0.4, -0.2) is 35.8 Å². The molecule has 0 bridgehead atoms. The van der Waals surface area contributed by atoms with Crippen molar-refractivity contribution in [2.24, 2.45) is 0 Å². The number of carbonyl (C=O) groups is 1. The van der Waals surface area contributed by atoms with Gasteiger partial charge in [-0.2, -0.15) is 0 Å². The van der Waals surface area contributed by atoms with Crippen LogP contribution >= 0.6 is 15.9 Å². The van der Waals surface area contributed by atoms with Gasteiger partial charge in [-0.1, -0.05) is 46.3 Å². The Balaban J connectivity index is 2.00. The molecule has 2 rings (SSSR count). The first kappa shape index (κ1) is 14.5. The second-order valence-electron chi connectivity index (χ2n) is 4.91. The SMILES string of the molecule is O=C(CCBr)NCC(c1ccccc1)N1CCCC1.